The molecule has 0 amide bonds. The quantitative estimate of drug-likeness (QED) is 0.847. The molecular weight excluding hydrogens is 277 g/mol. The third kappa shape index (κ3) is 2.23. The molecule has 0 aliphatic carbocycles. The highest BCUT2D eigenvalue weighted by Gasteiger charge is 2.31. The number of benzene rings is 1. The van der Waals surface area contributed by atoms with Crippen LogP contribution in [0, 0.1) is 0 Å². The van der Waals surface area contributed by atoms with Crippen LogP contribution in [0.25, 0.3) is 10.1 Å². The second kappa shape index (κ2) is 3.89. The van der Waals surface area contributed by atoms with E-state index >= 15 is 0 Å². The van der Waals surface area contributed by atoms with Gasteiger partial charge in [0.05, 0.1) is 15.3 Å². The van der Waals surface area contributed by atoms with Crippen molar-refractivity contribution < 1.29 is 23.1 Å². The van der Waals surface area contributed by atoms with Gasteiger partial charge in [-0.05, 0) is 23.6 Å². The Morgan fingerprint density at radius 1 is 1.29 bits per heavy atom. The normalized spacial score (nSPS) is 12.0. The fourth-order valence-corrected chi connectivity index (χ4v) is 2.61. The predicted octanol–water partition coefficient (Wildman–Crippen LogP) is 4.27. The average molecular weight is 281 g/mol. The van der Waals surface area contributed by atoms with Crippen LogP contribution in [-0.4, -0.2) is 11.1 Å². The predicted molar refractivity (Wildman–Crippen MR) is 58.8 cm³/mol. The lowest BCUT2D eigenvalue weighted by molar-refractivity contribution is -0.137. The molecule has 2 rings (SSSR count). The molecule has 17 heavy (non-hydrogen) atoms. The third-order valence-electron chi connectivity index (χ3n) is 2.11. The van der Waals surface area contributed by atoms with E-state index in [9.17, 15) is 18.0 Å². The maximum atomic E-state index is 12.5. The molecule has 0 atom stereocenters. The van der Waals surface area contributed by atoms with E-state index < -0.39 is 17.7 Å². The maximum Gasteiger partial charge on any atom is 0.416 e. The van der Waals surface area contributed by atoms with E-state index in [-0.39, 0.29) is 15.3 Å². The molecule has 0 unspecified atom stereocenters. The third-order valence-corrected chi connectivity index (χ3v) is 3.69. The molecule has 0 fully saturated rings. The molecule has 1 N–H and O–H groups in total. The van der Waals surface area contributed by atoms with Crippen molar-refractivity contribution in [3.8, 4) is 0 Å². The summed E-state index contributed by atoms with van der Waals surface area (Å²) in [5.41, 5.74) is -0.885. The standard InChI is InChI=1S/C10H4ClF3O2S/c11-6-3-5(10(12,13)14)1-4-2-7(9(15)16)17-8(4)6/h1-3H,(H,15,16). The van der Waals surface area contributed by atoms with Crippen molar-refractivity contribution in [1.29, 1.82) is 0 Å². The van der Waals surface area contributed by atoms with Crippen LogP contribution in [0.5, 0.6) is 0 Å². The Bertz CT molecular complexity index is 603. The number of aromatic carboxylic acids is 1. The summed E-state index contributed by atoms with van der Waals surface area (Å²) >= 11 is 6.56. The Labute approximate surface area is 102 Å². The smallest absolute Gasteiger partial charge is 0.416 e. The zero-order valence-corrected chi connectivity index (χ0v) is 9.58. The highest BCUT2D eigenvalue weighted by Crippen LogP contribution is 2.38. The van der Waals surface area contributed by atoms with E-state index in [1.165, 1.54) is 6.07 Å². The summed E-state index contributed by atoms with van der Waals surface area (Å²) in [7, 11) is 0. The molecule has 0 bridgehead atoms. The van der Waals surface area contributed by atoms with E-state index in [4.69, 9.17) is 16.7 Å². The van der Waals surface area contributed by atoms with Crippen LogP contribution in [0.4, 0.5) is 13.2 Å². The summed E-state index contributed by atoms with van der Waals surface area (Å²) in [4.78, 5) is 10.7. The summed E-state index contributed by atoms with van der Waals surface area (Å²) in [5, 5.41) is 8.85. The largest absolute Gasteiger partial charge is 0.477 e. The second-order valence-corrected chi connectivity index (χ2v) is 4.75. The Balaban J connectivity index is 2.69. The molecule has 2 aromatic rings. The molecule has 0 radical (unpaired) electrons. The molecule has 0 aliphatic heterocycles. The van der Waals surface area contributed by atoms with Gasteiger partial charge >= 0.3 is 12.1 Å². The van der Waals surface area contributed by atoms with Gasteiger partial charge in [-0.15, -0.1) is 11.3 Å². The van der Waals surface area contributed by atoms with Crippen LogP contribution in [0.3, 0.4) is 0 Å². The SMILES string of the molecule is O=C(O)c1cc2cc(C(F)(F)F)cc(Cl)c2s1. The van der Waals surface area contributed by atoms with Gasteiger partial charge in [0.25, 0.3) is 0 Å². The van der Waals surface area contributed by atoms with Gasteiger partial charge in [0.15, 0.2) is 0 Å². The number of carboxylic acid groups (broad SMARTS) is 1. The molecule has 0 saturated heterocycles. The Kier molecular flexibility index (Phi) is 2.79. The molecule has 0 spiro atoms. The lowest BCUT2D eigenvalue weighted by Crippen LogP contribution is -2.04. The Hall–Kier alpha value is -1.27. The van der Waals surface area contributed by atoms with Gasteiger partial charge in [-0.25, -0.2) is 4.79 Å². The number of alkyl halides is 3. The van der Waals surface area contributed by atoms with Crippen LogP contribution in [-0.2, 0) is 6.18 Å². The fourth-order valence-electron chi connectivity index (χ4n) is 1.38. The molecule has 7 heteroatoms. The van der Waals surface area contributed by atoms with Gasteiger partial charge in [-0.1, -0.05) is 11.6 Å². The molecular formula is C10H4ClF3O2S. The number of hydrogen-bond donors (Lipinski definition) is 1. The van der Waals surface area contributed by atoms with Crippen LogP contribution >= 0.6 is 22.9 Å². The molecule has 2 nitrogen and oxygen atoms in total. The van der Waals surface area contributed by atoms with Crippen molar-refractivity contribution in [1.82, 2.24) is 0 Å². The van der Waals surface area contributed by atoms with E-state index in [1.807, 2.05) is 0 Å². The average Bonchev–Trinajstić information content (AvgIpc) is 2.60. The van der Waals surface area contributed by atoms with Gasteiger partial charge in [0, 0.05) is 0 Å². The summed E-state index contributed by atoms with van der Waals surface area (Å²) < 4.78 is 37.8. The number of rotatable bonds is 1. The minimum atomic E-state index is -4.50. The summed E-state index contributed by atoms with van der Waals surface area (Å²) in [6.07, 6.45) is -4.50. The molecule has 90 valence electrons. The molecule has 1 aromatic heterocycles. The summed E-state index contributed by atoms with van der Waals surface area (Å²) in [5.74, 6) is -1.18. The first-order chi connectivity index (χ1) is 7.79. The number of hydrogen-bond acceptors (Lipinski definition) is 2. The van der Waals surface area contributed by atoms with Crippen molar-refractivity contribution in [3.63, 3.8) is 0 Å². The monoisotopic (exact) mass is 280 g/mol. The first-order valence-electron chi connectivity index (χ1n) is 4.32. The van der Waals surface area contributed by atoms with Gasteiger partial charge in [0.1, 0.15) is 4.88 Å². The zero-order valence-electron chi connectivity index (χ0n) is 8.01. The van der Waals surface area contributed by atoms with Crippen LogP contribution < -0.4 is 0 Å². The van der Waals surface area contributed by atoms with Crippen LogP contribution in [0.1, 0.15) is 15.2 Å². The van der Waals surface area contributed by atoms with E-state index in [0.29, 0.717) is 4.70 Å². The number of fused-ring (bicyclic) bond motifs is 1. The Morgan fingerprint density at radius 2 is 1.94 bits per heavy atom. The molecule has 0 aliphatic rings. The number of carboxylic acids is 1. The highest BCUT2D eigenvalue weighted by atomic mass is 35.5. The minimum absolute atomic E-state index is 0.0405. The molecule has 1 heterocycles. The number of thiophene rings is 1. The minimum Gasteiger partial charge on any atom is -0.477 e. The molecule has 1 aromatic carbocycles. The zero-order chi connectivity index (χ0) is 12.8. The van der Waals surface area contributed by atoms with Gasteiger partial charge in [-0.2, -0.15) is 13.2 Å². The van der Waals surface area contributed by atoms with E-state index in [0.717, 1.165) is 23.5 Å². The highest BCUT2D eigenvalue weighted by molar-refractivity contribution is 7.21. The van der Waals surface area contributed by atoms with Crippen molar-refractivity contribution in [3.05, 3.63) is 33.7 Å². The van der Waals surface area contributed by atoms with Gasteiger partial charge in [-0.3, -0.25) is 0 Å². The Morgan fingerprint density at radius 3 is 2.47 bits per heavy atom. The van der Waals surface area contributed by atoms with Gasteiger partial charge in [0.2, 0.25) is 0 Å². The topological polar surface area (TPSA) is 37.3 Å². The lowest BCUT2D eigenvalue weighted by atomic mass is 10.1. The maximum absolute atomic E-state index is 12.5. The van der Waals surface area contributed by atoms with Crippen molar-refractivity contribution in [2.75, 3.05) is 0 Å². The van der Waals surface area contributed by atoms with E-state index in [1.54, 1.807) is 0 Å². The van der Waals surface area contributed by atoms with Crippen molar-refractivity contribution in [2.24, 2.45) is 0 Å². The number of carbonyl (C=O) groups is 1. The first kappa shape index (κ1) is 12.2. The van der Waals surface area contributed by atoms with Crippen LogP contribution in [0.2, 0.25) is 5.02 Å². The van der Waals surface area contributed by atoms with Crippen molar-refractivity contribution in [2.45, 2.75) is 6.18 Å². The van der Waals surface area contributed by atoms with Crippen molar-refractivity contribution >= 4 is 39.0 Å². The second-order valence-electron chi connectivity index (χ2n) is 3.29. The van der Waals surface area contributed by atoms with Gasteiger partial charge < -0.3 is 5.11 Å². The number of halogens is 4. The van der Waals surface area contributed by atoms with Crippen LogP contribution in [0.15, 0.2) is 18.2 Å². The summed E-state index contributed by atoms with van der Waals surface area (Å²) in [6.45, 7) is 0. The fraction of sp³-hybridized carbons (Fsp3) is 0.100. The summed E-state index contributed by atoms with van der Waals surface area (Å²) in [6, 6.07) is 2.87. The lowest BCUT2D eigenvalue weighted by Gasteiger charge is -2.06. The van der Waals surface area contributed by atoms with E-state index in [2.05, 4.69) is 0 Å². The first-order valence-corrected chi connectivity index (χ1v) is 5.52. The molecule has 0 saturated carbocycles.